The lowest BCUT2D eigenvalue weighted by atomic mass is 9.97. The topological polar surface area (TPSA) is 23.8 Å². The van der Waals surface area contributed by atoms with E-state index in [0.717, 1.165) is 12.0 Å². The molecule has 1 unspecified atom stereocenters. The lowest BCUT2D eigenvalue weighted by Gasteiger charge is -2.08. The van der Waals surface area contributed by atoms with Crippen molar-refractivity contribution >= 4 is 0 Å². The van der Waals surface area contributed by atoms with Crippen LogP contribution in [0.5, 0.6) is 0 Å². The van der Waals surface area contributed by atoms with Crippen LogP contribution in [0.4, 0.5) is 4.39 Å². The van der Waals surface area contributed by atoms with E-state index in [2.05, 4.69) is 13.8 Å². The summed E-state index contributed by atoms with van der Waals surface area (Å²) in [6.45, 7) is 4.13. The molecule has 0 amide bonds. The molecule has 0 aromatic heterocycles. The maximum Gasteiger partial charge on any atom is 0.140 e. The first kappa shape index (κ1) is 9.73. The van der Waals surface area contributed by atoms with Gasteiger partial charge in [0, 0.05) is 0 Å². The van der Waals surface area contributed by atoms with Crippen LogP contribution in [-0.2, 0) is 0 Å². The van der Waals surface area contributed by atoms with Crippen LogP contribution < -0.4 is 0 Å². The van der Waals surface area contributed by atoms with E-state index in [0.29, 0.717) is 5.92 Å². The van der Waals surface area contributed by atoms with Gasteiger partial charge in [-0.05, 0) is 30.0 Å². The van der Waals surface area contributed by atoms with Gasteiger partial charge >= 0.3 is 0 Å². The van der Waals surface area contributed by atoms with Crippen molar-refractivity contribution < 1.29 is 4.39 Å². The van der Waals surface area contributed by atoms with Gasteiger partial charge in [0.15, 0.2) is 0 Å². The van der Waals surface area contributed by atoms with Crippen molar-refractivity contribution in [1.29, 1.82) is 5.26 Å². The molecular weight excluding hydrogens is 165 g/mol. The molecule has 0 fully saturated rings. The Kier molecular flexibility index (Phi) is 3.02. The molecule has 68 valence electrons. The fraction of sp³-hybridized carbons (Fsp3) is 0.364. The van der Waals surface area contributed by atoms with Crippen LogP contribution >= 0.6 is 0 Å². The standard InChI is InChI=1S/C11H12FN/c1-3-8(2)9-4-5-11(12)10(6-9)7-13/h4-6,8H,3H2,1-2H3. The summed E-state index contributed by atoms with van der Waals surface area (Å²) in [6.07, 6.45) is 0.997. The third-order valence-electron chi connectivity index (χ3n) is 2.29. The number of benzene rings is 1. The number of hydrogen-bond donors (Lipinski definition) is 0. The molecule has 0 N–H and O–H groups in total. The number of halogens is 1. The Balaban J connectivity index is 3.08. The molecule has 0 radical (unpaired) electrons. The number of nitriles is 1. The summed E-state index contributed by atoms with van der Waals surface area (Å²) in [4.78, 5) is 0. The second-order valence-corrected chi connectivity index (χ2v) is 3.16. The van der Waals surface area contributed by atoms with Gasteiger partial charge in [-0.3, -0.25) is 0 Å². The minimum atomic E-state index is -0.436. The normalized spacial score (nSPS) is 12.2. The Morgan fingerprint density at radius 2 is 2.23 bits per heavy atom. The maximum absolute atomic E-state index is 12.9. The first-order valence-electron chi connectivity index (χ1n) is 4.38. The van der Waals surface area contributed by atoms with Crippen LogP contribution in [0.15, 0.2) is 18.2 Å². The van der Waals surface area contributed by atoms with E-state index in [9.17, 15) is 4.39 Å². The number of nitrogens with zero attached hydrogens (tertiary/aromatic N) is 1. The molecule has 1 rings (SSSR count). The van der Waals surface area contributed by atoms with Gasteiger partial charge in [-0.2, -0.15) is 5.26 Å². The van der Waals surface area contributed by atoms with Gasteiger partial charge in [-0.1, -0.05) is 19.9 Å². The Morgan fingerprint density at radius 3 is 2.77 bits per heavy atom. The van der Waals surface area contributed by atoms with E-state index in [-0.39, 0.29) is 5.56 Å². The van der Waals surface area contributed by atoms with Crippen LogP contribution in [0, 0.1) is 17.1 Å². The molecule has 2 heteroatoms. The zero-order valence-corrected chi connectivity index (χ0v) is 7.84. The minimum absolute atomic E-state index is 0.137. The summed E-state index contributed by atoms with van der Waals surface area (Å²) in [5, 5.41) is 8.61. The predicted molar refractivity (Wildman–Crippen MR) is 49.8 cm³/mol. The monoisotopic (exact) mass is 177 g/mol. The molecule has 1 aromatic carbocycles. The first-order valence-corrected chi connectivity index (χ1v) is 4.38. The molecule has 0 aliphatic carbocycles. The van der Waals surface area contributed by atoms with Gasteiger partial charge in [0.1, 0.15) is 11.9 Å². The van der Waals surface area contributed by atoms with E-state index in [1.165, 1.54) is 6.07 Å². The summed E-state index contributed by atoms with van der Waals surface area (Å²) in [7, 11) is 0. The van der Waals surface area contributed by atoms with E-state index in [1.54, 1.807) is 12.1 Å². The highest BCUT2D eigenvalue weighted by Crippen LogP contribution is 2.20. The van der Waals surface area contributed by atoms with E-state index in [1.807, 2.05) is 6.07 Å². The molecule has 1 atom stereocenters. The molecule has 0 saturated carbocycles. The lowest BCUT2D eigenvalue weighted by Crippen LogP contribution is -1.93. The Bertz CT molecular complexity index is 338. The van der Waals surface area contributed by atoms with Crippen LogP contribution in [0.1, 0.15) is 37.3 Å². The highest BCUT2D eigenvalue weighted by molar-refractivity contribution is 5.35. The average Bonchev–Trinajstić information content (AvgIpc) is 2.17. The summed E-state index contributed by atoms with van der Waals surface area (Å²) in [5.74, 6) is -0.0535. The molecule has 0 aliphatic heterocycles. The number of rotatable bonds is 2. The molecule has 0 bridgehead atoms. The van der Waals surface area contributed by atoms with E-state index < -0.39 is 5.82 Å². The fourth-order valence-corrected chi connectivity index (χ4v) is 1.17. The Morgan fingerprint density at radius 1 is 1.54 bits per heavy atom. The zero-order valence-electron chi connectivity index (χ0n) is 7.84. The predicted octanol–water partition coefficient (Wildman–Crippen LogP) is 3.21. The van der Waals surface area contributed by atoms with Crippen molar-refractivity contribution in [1.82, 2.24) is 0 Å². The second-order valence-electron chi connectivity index (χ2n) is 3.16. The van der Waals surface area contributed by atoms with Gasteiger partial charge in [-0.25, -0.2) is 4.39 Å². The van der Waals surface area contributed by atoms with E-state index >= 15 is 0 Å². The van der Waals surface area contributed by atoms with Crippen molar-refractivity contribution in [2.75, 3.05) is 0 Å². The molecular formula is C11H12FN. The van der Waals surface area contributed by atoms with Crippen molar-refractivity contribution in [2.24, 2.45) is 0 Å². The van der Waals surface area contributed by atoms with Crippen molar-refractivity contribution in [3.8, 4) is 6.07 Å². The summed E-state index contributed by atoms with van der Waals surface area (Å²) < 4.78 is 12.9. The highest BCUT2D eigenvalue weighted by Gasteiger charge is 2.06. The lowest BCUT2D eigenvalue weighted by molar-refractivity contribution is 0.621. The average molecular weight is 177 g/mol. The first-order chi connectivity index (χ1) is 6.19. The fourth-order valence-electron chi connectivity index (χ4n) is 1.17. The van der Waals surface area contributed by atoms with Crippen molar-refractivity contribution in [3.05, 3.63) is 35.1 Å². The molecule has 0 spiro atoms. The molecule has 0 aliphatic rings. The molecule has 0 saturated heterocycles. The third-order valence-corrected chi connectivity index (χ3v) is 2.29. The summed E-state index contributed by atoms with van der Waals surface area (Å²) in [6, 6.07) is 6.57. The van der Waals surface area contributed by atoms with Gasteiger partial charge in [0.05, 0.1) is 5.56 Å². The van der Waals surface area contributed by atoms with Crippen molar-refractivity contribution in [3.63, 3.8) is 0 Å². The smallest absolute Gasteiger partial charge is 0.140 e. The van der Waals surface area contributed by atoms with E-state index in [4.69, 9.17) is 5.26 Å². The van der Waals surface area contributed by atoms with Gasteiger partial charge < -0.3 is 0 Å². The summed E-state index contributed by atoms with van der Waals surface area (Å²) >= 11 is 0. The Hall–Kier alpha value is -1.36. The van der Waals surface area contributed by atoms with Gasteiger partial charge in [-0.15, -0.1) is 0 Å². The van der Waals surface area contributed by atoms with Crippen LogP contribution in [0.25, 0.3) is 0 Å². The quantitative estimate of drug-likeness (QED) is 0.680. The van der Waals surface area contributed by atoms with Crippen molar-refractivity contribution in [2.45, 2.75) is 26.2 Å². The van der Waals surface area contributed by atoms with Crippen LogP contribution in [0.3, 0.4) is 0 Å². The zero-order chi connectivity index (χ0) is 9.84. The Labute approximate surface area is 77.8 Å². The van der Waals surface area contributed by atoms with Gasteiger partial charge in [0.2, 0.25) is 0 Å². The van der Waals surface area contributed by atoms with Crippen LogP contribution in [-0.4, -0.2) is 0 Å². The maximum atomic E-state index is 12.9. The second kappa shape index (κ2) is 4.04. The molecule has 0 heterocycles. The third kappa shape index (κ3) is 2.06. The molecule has 1 aromatic rings. The SMILES string of the molecule is CCC(C)c1ccc(F)c(C#N)c1. The van der Waals surface area contributed by atoms with Gasteiger partial charge in [0.25, 0.3) is 0 Å². The molecule has 13 heavy (non-hydrogen) atoms. The number of hydrogen-bond acceptors (Lipinski definition) is 1. The summed E-state index contributed by atoms with van der Waals surface area (Å²) in [5.41, 5.74) is 1.17. The highest BCUT2D eigenvalue weighted by atomic mass is 19.1. The minimum Gasteiger partial charge on any atom is -0.206 e. The largest absolute Gasteiger partial charge is 0.206 e. The molecule has 1 nitrogen and oxygen atoms in total. The van der Waals surface area contributed by atoms with Crippen LogP contribution in [0.2, 0.25) is 0 Å².